The van der Waals surface area contributed by atoms with Crippen LogP contribution >= 0.6 is 0 Å². The number of anilines is 3. The molecule has 1 unspecified atom stereocenters. The van der Waals surface area contributed by atoms with E-state index >= 15 is 0 Å². The van der Waals surface area contributed by atoms with Crippen molar-refractivity contribution in [1.29, 1.82) is 0 Å². The standard InChI is InChI=1S/C56H39N/c1-56(44-32-27-38-13-2-3-16-43(38)37-44)52-24-9-8-21-51(52)55-53(56)25-12-26-54(55)57(45-33-28-41(29-34-45)49-22-10-17-39-14-4-6-19-47(39)49)46-35-30-42(31-36-46)50-23-11-18-40-15-5-7-20-48(40)50/h2-37H,1H3. The summed E-state index contributed by atoms with van der Waals surface area (Å²) in [6, 6.07) is 80.4. The van der Waals surface area contributed by atoms with Crippen LogP contribution in [-0.2, 0) is 5.41 Å². The molecule has 1 atom stereocenters. The Bertz CT molecular complexity index is 3000. The van der Waals surface area contributed by atoms with Crippen LogP contribution in [0.4, 0.5) is 17.1 Å². The fourth-order valence-corrected chi connectivity index (χ4v) is 9.48. The van der Waals surface area contributed by atoms with Crippen LogP contribution < -0.4 is 4.90 Å². The smallest absolute Gasteiger partial charge is 0.0543 e. The normalized spacial score (nSPS) is 14.5. The summed E-state index contributed by atoms with van der Waals surface area (Å²) in [7, 11) is 0. The first-order chi connectivity index (χ1) is 28.1. The van der Waals surface area contributed by atoms with Gasteiger partial charge >= 0.3 is 0 Å². The van der Waals surface area contributed by atoms with Crippen molar-refractivity contribution in [2.24, 2.45) is 0 Å². The molecule has 10 aromatic rings. The van der Waals surface area contributed by atoms with Gasteiger partial charge in [0.1, 0.15) is 0 Å². The molecule has 0 aliphatic heterocycles. The molecule has 0 saturated carbocycles. The highest BCUT2D eigenvalue weighted by atomic mass is 15.1. The van der Waals surface area contributed by atoms with Crippen LogP contribution in [-0.4, -0.2) is 0 Å². The van der Waals surface area contributed by atoms with E-state index in [1.165, 1.54) is 88.1 Å². The van der Waals surface area contributed by atoms with Crippen molar-refractivity contribution in [3.8, 4) is 33.4 Å². The summed E-state index contributed by atoms with van der Waals surface area (Å²) in [6.07, 6.45) is 0. The molecular formula is C56H39N. The van der Waals surface area contributed by atoms with Crippen molar-refractivity contribution >= 4 is 49.4 Å². The van der Waals surface area contributed by atoms with Gasteiger partial charge in [-0.15, -0.1) is 0 Å². The first-order valence-electron chi connectivity index (χ1n) is 19.8. The van der Waals surface area contributed by atoms with Gasteiger partial charge < -0.3 is 4.90 Å². The minimum absolute atomic E-state index is 0.339. The Morgan fingerprint density at radius 3 is 1.46 bits per heavy atom. The Hall–Kier alpha value is -7.22. The zero-order chi connectivity index (χ0) is 37.9. The highest BCUT2D eigenvalue weighted by Gasteiger charge is 2.42. The van der Waals surface area contributed by atoms with E-state index in [-0.39, 0.29) is 5.41 Å². The van der Waals surface area contributed by atoms with Gasteiger partial charge in [-0.3, -0.25) is 0 Å². The lowest BCUT2D eigenvalue weighted by atomic mass is 9.74. The summed E-state index contributed by atoms with van der Waals surface area (Å²) >= 11 is 0. The molecule has 268 valence electrons. The second-order valence-corrected chi connectivity index (χ2v) is 15.4. The lowest BCUT2D eigenvalue weighted by molar-refractivity contribution is 0.715. The molecule has 0 saturated heterocycles. The van der Waals surface area contributed by atoms with Crippen LogP contribution in [0, 0.1) is 0 Å². The van der Waals surface area contributed by atoms with Crippen molar-refractivity contribution in [3.05, 3.63) is 235 Å². The summed E-state index contributed by atoms with van der Waals surface area (Å²) in [5.41, 5.74) is 14.5. The van der Waals surface area contributed by atoms with E-state index in [0.717, 1.165) is 11.4 Å². The van der Waals surface area contributed by atoms with Gasteiger partial charge in [0.25, 0.3) is 0 Å². The van der Waals surface area contributed by atoms with Crippen LogP contribution in [0.1, 0.15) is 23.6 Å². The van der Waals surface area contributed by atoms with E-state index < -0.39 is 0 Å². The number of rotatable bonds is 6. The number of fused-ring (bicyclic) bond motifs is 6. The third kappa shape index (κ3) is 5.31. The van der Waals surface area contributed by atoms with Crippen molar-refractivity contribution < 1.29 is 0 Å². The molecule has 0 amide bonds. The monoisotopic (exact) mass is 725 g/mol. The minimum Gasteiger partial charge on any atom is -0.310 e. The molecule has 10 aromatic carbocycles. The van der Waals surface area contributed by atoms with Crippen molar-refractivity contribution in [2.45, 2.75) is 12.3 Å². The summed E-state index contributed by atoms with van der Waals surface area (Å²) in [5, 5.41) is 7.55. The third-order valence-corrected chi connectivity index (χ3v) is 12.3. The number of nitrogens with zero attached hydrogens (tertiary/aromatic N) is 1. The van der Waals surface area contributed by atoms with Gasteiger partial charge in [0.2, 0.25) is 0 Å². The molecule has 57 heavy (non-hydrogen) atoms. The lowest BCUT2D eigenvalue weighted by Crippen LogP contribution is -2.22. The Morgan fingerprint density at radius 2 is 0.825 bits per heavy atom. The summed E-state index contributed by atoms with van der Waals surface area (Å²) in [6.45, 7) is 2.41. The molecule has 0 aromatic heterocycles. The van der Waals surface area contributed by atoms with E-state index in [4.69, 9.17) is 0 Å². The van der Waals surface area contributed by atoms with Gasteiger partial charge in [-0.25, -0.2) is 0 Å². The molecule has 0 heterocycles. The third-order valence-electron chi connectivity index (χ3n) is 12.3. The van der Waals surface area contributed by atoms with Crippen molar-refractivity contribution in [2.75, 3.05) is 4.90 Å². The lowest BCUT2D eigenvalue weighted by Gasteiger charge is -2.31. The van der Waals surface area contributed by atoms with E-state index in [1.807, 2.05) is 0 Å². The van der Waals surface area contributed by atoms with Crippen molar-refractivity contribution in [1.82, 2.24) is 0 Å². The molecular weight excluding hydrogens is 687 g/mol. The van der Waals surface area contributed by atoms with Crippen LogP contribution in [0.2, 0.25) is 0 Å². The predicted molar refractivity (Wildman–Crippen MR) is 242 cm³/mol. The number of benzene rings is 10. The van der Waals surface area contributed by atoms with Gasteiger partial charge in [-0.05, 0) is 120 Å². The van der Waals surface area contributed by atoms with Gasteiger partial charge in [-0.1, -0.05) is 182 Å². The first-order valence-corrected chi connectivity index (χ1v) is 19.8. The van der Waals surface area contributed by atoms with Crippen LogP contribution in [0.15, 0.2) is 218 Å². The van der Waals surface area contributed by atoms with Crippen molar-refractivity contribution in [3.63, 3.8) is 0 Å². The quantitative estimate of drug-likeness (QED) is 0.165. The largest absolute Gasteiger partial charge is 0.310 e. The molecule has 1 heteroatoms. The van der Waals surface area contributed by atoms with Gasteiger partial charge in [0, 0.05) is 22.4 Å². The average molecular weight is 726 g/mol. The first kappa shape index (κ1) is 33.1. The highest BCUT2D eigenvalue weighted by Crippen LogP contribution is 2.57. The molecule has 0 radical (unpaired) electrons. The second kappa shape index (κ2) is 13.2. The molecule has 0 bridgehead atoms. The maximum absolute atomic E-state index is 2.46. The predicted octanol–water partition coefficient (Wildman–Crippen LogP) is 15.3. The van der Waals surface area contributed by atoms with E-state index in [2.05, 4.69) is 230 Å². The maximum Gasteiger partial charge on any atom is 0.0543 e. The van der Waals surface area contributed by atoms with E-state index in [9.17, 15) is 0 Å². The van der Waals surface area contributed by atoms with Gasteiger partial charge in [-0.2, -0.15) is 0 Å². The van der Waals surface area contributed by atoms with Crippen LogP contribution in [0.25, 0.3) is 65.7 Å². The molecule has 0 N–H and O–H groups in total. The average Bonchev–Trinajstić information content (AvgIpc) is 3.55. The number of hydrogen-bond donors (Lipinski definition) is 0. The van der Waals surface area contributed by atoms with Crippen LogP contribution in [0.3, 0.4) is 0 Å². The van der Waals surface area contributed by atoms with Crippen LogP contribution in [0.5, 0.6) is 0 Å². The van der Waals surface area contributed by atoms with E-state index in [0.29, 0.717) is 0 Å². The Balaban J connectivity index is 1.10. The fraction of sp³-hybridized carbons (Fsp3) is 0.0357. The van der Waals surface area contributed by atoms with Gasteiger partial charge in [0.05, 0.1) is 5.69 Å². The SMILES string of the molecule is CC1(c2ccc3ccccc3c2)c2ccccc2-c2c(N(c3ccc(-c4cccc5ccccc45)cc3)c3ccc(-c4cccc5ccccc45)cc3)cccc21. The Labute approximate surface area is 333 Å². The molecule has 0 fully saturated rings. The summed E-state index contributed by atoms with van der Waals surface area (Å²) in [5.74, 6) is 0. The topological polar surface area (TPSA) is 3.24 Å². The highest BCUT2D eigenvalue weighted by molar-refractivity contribution is 6.00. The fourth-order valence-electron chi connectivity index (χ4n) is 9.48. The molecule has 1 aliphatic carbocycles. The molecule has 1 aliphatic rings. The maximum atomic E-state index is 2.46. The minimum atomic E-state index is -0.339. The molecule has 1 nitrogen and oxygen atoms in total. The summed E-state index contributed by atoms with van der Waals surface area (Å²) in [4.78, 5) is 2.46. The molecule has 11 rings (SSSR count). The van der Waals surface area contributed by atoms with Gasteiger partial charge in [0.15, 0.2) is 0 Å². The molecule has 0 spiro atoms. The number of hydrogen-bond acceptors (Lipinski definition) is 1. The van der Waals surface area contributed by atoms with E-state index in [1.54, 1.807) is 0 Å². The summed E-state index contributed by atoms with van der Waals surface area (Å²) < 4.78 is 0. The Kier molecular flexibility index (Phi) is 7.69. The zero-order valence-electron chi connectivity index (χ0n) is 31.7. The Morgan fingerprint density at radius 1 is 0.351 bits per heavy atom. The zero-order valence-corrected chi connectivity index (χ0v) is 31.7. The second-order valence-electron chi connectivity index (χ2n) is 15.4.